The van der Waals surface area contributed by atoms with Crippen LogP contribution in [-0.4, -0.2) is 58.9 Å². The quantitative estimate of drug-likeness (QED) is 0.402. The fourth-order valence-electron chi connectivity index (χ4n) is 1.94. The van der Waals surface area contributed by atoms with E-state index in [4.69, 9.17) is 9.47 Å². The van der Waals surface area contributed by atoms with Crippen molar-refractivity contribution in [3.8, 4) is 0 Å². The molecule has 20 heavy (non-hydrogen) atoms. The van der Waals surface area contributed by atoms with Crippen molar-refractivity contribution in [3.05, 3.63) is 0 Å². The lowest BCUT2D eigenvalue weighted by molar-refractivity contribution is 0.0203. The van der Waals surface area contributed by atoms with Crippen LogP contribution in [0.5, 0.6) is 0 Å². The van der Waals surface area contributed by atoms with Gasteiger partial charge in [0.05, 0.1) is 6.54 Å². The topological polar surface area (TPSA) is 54.9 Å². The molecule has 1 aliphatic rings. The molecule has 0 aromatic heterocycles. The molecular formula is C13H25F2N3O2. The van der Waals surface area contributed by atoms with Gasteiger partial charge in [0, 0.05) is 40.0 Å². The first-order valence-corrected chi connectivity index (χ1v) is 7.10. The Balaban J connectivity index is 1.95. The summed E-state index contributed by atoms with van der Waals surface area (Å²) in [6.45, 7) is 3.37. The fourth-order valence-corrected chi connectivity index (χ4v) is 1.94. The van der Waals surface area contributed by atoms with Crippen LogP contribution in [0.2, 0.25) is 0 Å². The monoisotopic (exact) mass is 293 g/mol. The van der Waals surface area contributed by atoms with Gasteiger partial charge in [-0.2, -0.15) is 0 Å². The van der Waals surface area contributed by atoms with Crippen LogP contribution in [0.1, 0.15) is 19.3 Å². The number of ether oxygens (including phenoxy) is 2. The lowest BCUT2D eigenvalue weighted by Gasteiger charge is -2.21. The molecule has 7 heteroatoms. The molecule has 0 unspecified atom stereocenters. The number of hydrogen-bond acceptors (Lipinski definition) is 3. The standard InChI is InChI=1S/C13H25F2N3O2/c1-16-13(18-9-12(14)15)17-5-2-6-20-10-11-3-7-19-8-4-11/h11-12H,2-10H2,1H3,(H2,16,17,18). The SMILES string of the molecule is CN=C(NCCCOCC1CCOCC1)NCC(F)F. The van der Waals surface area contributed by atoms with Crippen molar-refractivity contribution in [2.45, 2.75) is 25.7 Å². The van der Waals surface area contributed by atoms with Gasteiger partial charge in [-0.25, -0.2) is 8.78 Å². The third kappa shape index (κ3) is 8.27. The Bertz CT molecular complexity index is 272. The summed E-state index contributed by atoms with van der Waals surface area (Å²) >= 11 is 0. The smallest absolute Gasteiger partial charge is 0.255 e. The molecule has 118 valence electrons. The van der Waals surface area contributed by atoms with Crippen molar-refractivity contribution < 1.29 is 18.3 Å². The number of aliphatic imine (C=N–C) groups is 1. The van der Waals surface area contributed by atoms with Crippen molar-refractivity contribution in [2.75, 3.05) is 46.6 Å². The van der Waals surface area contributed by atoms with Gasteiger partial charge in [0.25, 0.3) is 6.43 Å². The summed E-state index contributed by atoms with van der Waals surface area (Å²) in [4.78, 5) is 3.86. The highest BCUT2D eigenvalue weighted by Gasteiger charge is 2.13. The Labute approximate surface area is 119 Å². The van der Waals surface area contributed by atoms with Crippen LogP contribution < -0.4 is 10.6 Å². The van der Waals surface area contributed by atoms with Crippen molar-refractivity contribution in [1.82, 2.24) is 10.6 Å². The molecule has 0 bridgehead atoms. The van der Waals surface area contributed by atoms with Gasteiger partial charge in [0.15, 0.2) is 5.96 Å². The Morgan fingerprint density at radius 2 is 2.10 bits per heavy atom. The number of alkyl halides is 2. The summed E-state index contributed by atoms with van der Waals surface area (Å²) in [6, 6.07) is 0. The number of hydrogen-bond donors (Lipinski definition) is 2. The second-order valence-electron chi connectivity index (χ2n) is 4.76. The van der Waals surface area contributed by atoms with Crippen molar-refractivity contribution in [1.29, 1.82) is 0 Å². The summed E-state index contributed by atoms with van der Waals surface area (Å²) < 4.78 is 34.9. The Hall–Kier alpha value is -0.950. The van der Waals surface area contributed by atoms with Gasteiger partial charge in [0.1, 0.15) is 0 Å². The van der Waals surface area contributed by atoms with Gasteiger partial charge in [-0.15, -0.1) is 0 Å². The molecule has 5 nitrogen and oxygen atoms in total. The Morgan fingerprint density at radius 1 is 1.35 bits per heavy atom. The highest BCUT2D eigenvalue weighted by atomic mass is 19.3. The number of guanidine groups is 1. The van der Waals surface area contributed by atoms with Crippen molar-refractivity contribution >= 4 is 5.96 Å². The van der Waals surface area contributed by atoms with Crippen molar-refractivity contribution in [2.24, 2.45) is 10.9 Å². The minimum Gasteiger partial charge on any atom is -0.381 e. The van der Waals surface area contributed by atoms with Gasteiger partial charge < -0.3 is 20.1 Å². The van der Waals surface area contributed by atoms with E-state index in [9.17, 15) is 8.78 Å². The highest BCUT2D eigenvalue weighted by Crippen LogP contribution is 2.14. The molecule has 0 aromatic carbocycles. The van der Waals surface area contributed by atoms with Gasteiger partial charge in [-0.1, -0.05) is 0 Å². The van der Waals surface area contributed by atoms with Crippen LogP contribution >= 0.6 is 0 Å². The Kier molecular flexibility index (Phi) is 9.23. The van der Waals surface area contributed by atoms with E-state index in [1.54, 1.807) is 7.05 Å². The predicted octanol–water partition coefficient (Wildman–Crippen LogP) is 1.25. The molecule has 1 rings (SSSR count). The van der Waals surface area contributed by atoms with E-state index in [1.165, 1.54) is 0 Å². The summed E-state index contributed by atoms with van der Waals surface area (Å²) in [5.41, 5.74) is 0. The first-order valence-electron chi connectivity index (χ1n) is 7.10. The minimum absolute atomic E-state index is 0.389. The molecule has 0 amide bonds. The maximum atomic E-state index is 12.0. The zero-order chi connectivity index (χ0) is 14.6. The molecule has 0 aromatic rings. The van der Waals surface area contributed by atoms with Gasteiger partial charge in [0.2, 0.25) is 0 Å². The van der Waals surface area contributed by atoms with Gasteiger partial charge in [-0.05, 0) is 25.2 Å². The lowest BCUT2D eigenvalue weighted by atomic mass is 10.0. The van der Waals surface area contributed by atoms with Gasteiger partial charge in [-0.3, -0.25) is 4.99 Å². The number of rotatable bonds is 8. The van der Waals surface area contributed by atoms with Crippen LogP contribution in [0.15, 0.2) is 4.99 Å². The third-order valence-electron chi connectivity index (χ3n) is 3.10. The summed E-state index contributed by atoms with van der Waals surface area (Å²) in [5, 5.41) is 5.51. The normalized spacial score (nSPS) is 17.5. The van der Waals surface area contributed by atoms with Crippen LogP contribution in [0.3, 0.4) is 0 Å². The first kappa shape index (κ1) is 17.1. The molecule has 1 fully saturated rings. The molecule has 0 saturated carbocycles. The largest absolute Gasteiger partial charge is 0.381 e. The van der Waals surface area contributed by atoms with Gasteiger partial charge >= 0.3 is 0 Å². The zero-order valence-electron chi connectivity index (χ0n) is 12.0. The first-order chi connectivity index (χ1) is 9.72. The molecule has 2 N–H and O–H groups in total. The average molecular weight is 293 g/mol. The summed E-state index contributed by atoms with van der Waals surface area (Å²) in [6.07, 6.45) is 0.583. The maximum Gasteiger partial charge on any atom is 0.255 e. The van der Waals surface area contributed by atoms with Crippen LogP contribution in [-0.2, 0) is 9.47 Å². The second kappa shape index (κ2) is 10.8. The third-order valence-corrected chi connectivity index (χ3v) is 3.10. The zero-order valence-corrected chi connectivity index (χ0v) is 12.0. The molecule has 1 saturated heterocycles. The molecule has 0 radical (unpaired) electrons. The fraction of sp³-hybridized carbons (Fsp3) is 0.923. The van der Waals surface area contributed by atoms with E-state index in [1.807, 2.05) is 0 Å². The summed E-state index contributed by atoms with van der Waals surface area (Å²) in [5.74, 6) is 1.01. The molecule has 0 spiro atoms. The van der Waals surface area contributed by atoms with Crippen LogP contribution in [0.4, 0.5) is 8.78 Å². The van der Waals surface area contributed by atoms with E-state index >= 15 is 0 Å². The molecule has 1 heterocycles. The predicted molar refractivity (Wildman–Crippen MR) is 74.3 cm³/mol. The minimum atomic E-state index is -2.38. The number of nitrogens with one attached hydrogen (secondary N) is 2. The van der Waals surface area contributed by atoms with E-state index in [-0.39, 0.29) is 6.54 Å². The Morgan fingerprint density at radius 3 is 2.75 bits per heavy atom. The maximum absolute atomic E-state index is 12.0. The van der Waals surface area contributed by atoms with E-state index in [0.717, 1.165) is 39.1 Å². The second-order valence-corrected chi connectivity index (χ2v) is 4.76. The van der Waals surface area contributed by atoms with Crippen LogP contribution in [0, 0.1) is 5.92 Å². The van der Waals surface area contributed by atoms with E-state index in [2.05, 4.69) is 15.6 Å². The number of nitrogens with zero attached hydrogens (tertiary/aromatic N) is 1. The molecule has 1 aliphatic heterocycles. The lowest BCUT2D eigenvalue weighted by Crippen LogP contribution is -2.40. The molecule has 0 aliphatic carbocycles. The van der Waals surface area contributed by atoms with Crippen molar-refractivity contribution in [3.63, 3.8) is 0 Å². The number of halogens is 2. The van der Waals surface area contributed by atoms with E-state index < -0.39 is 6.43 Å². The highest BCUT2D eigenvalue weighted by molar-refractivity contribution is 5.79. The molecule has 0 atom stereocenters. The van der Waals surface area contributed by atoms with E-state index in [0.29, 0.717) is 25.0 Å². The summed E-state index contributed by atoms with van der Waals surface area (Å²) in [7, 11) is 1.56. The average Bonchev–Trinajstić information content (AvgIpc) is 2.46. The van der Waals surface area contributed by atoms with Crippen LogP contribution in [0.25, 0.3) is 0 Å². The molecular weight excluding hydrogens is 268 g/mol.